The van der Waals surface area contributed by atoms with Gasteiger partial charge in [-0.05, 0) is 45.0 Å². The molecule has 24 heavy (non-hydrogen) atoms. The van der Waals surface area contributed by atoms with Gasteiger partial charge in [0.15, 0.2) is 0 Å². The Kier molecular flexibility index (Phi) is 4.35. The zero-order chi connectivity index (χ0) is 17.3. The lowest BCUT2D eigenvalue weighted by Gasteiger charge is -2.09. The SMILES string of the molecule is Cc1cc(C(=O)Nc2nnc(-c3cccc(Cl)c3)o2)n(C(C)C)n1. The van der Waals surface area contributed by atoms with Gasteiger partial charge >= 0.3 is 6.01 Å². The van der Waals surface area contributed by atoms with Crippen LogP contribution in [-0.4, -0.2) is 25.9 Å². The highest BCUT2D eigenvalue weighted by atomic mass is 35.5. The standard InChI is InChI=1S/C16H16ClN5O2/c1-9(2)22-13(7-10(3)21-22)14(23)18-16-20-19-15(24-16)11-5-4-6-12(17)8-11/h4-9H,1-3H3,(H,18,20,23). The molecule has 0 fully saturated rings. The minimum absolute atomic E-state index is 0.0177. The van der Waals surface area contributed by atoms with Gasteiger partial charge in [-0.1, -0.05) is 22.8 Å². The number of nitrogens with zero attached hydrogens (tertiary/aromatic N) is 4. The lowest BCUT2D eigenvalue weighted by atomic mass is 10.2. The van der Waals surface area contributed by atoms with E-state index in [0.29, 0.717) is 16.3 Å². The first kappa shape index (κ1) is 16.2. The molecule has 0 bridgehead atoms. The zero-order valence-electron chi connectivity index (χ0n) is 13.4. The Morgan fingerprint density at radius 1 is 1.29 bits per heavy atom. The molecule has 8 heteroatoms. The summed E-state index contributed by atoms with van der Waals surface area (Å²) in [5.41, 5.74) is 1.88. The van der Waals surface area contributed by atoms with Gasteiger partial charge < -0.3 is 4.42 Å². The molecule has 1 N–H and O–H groups in total. The van der Waals surface area contributed by atoms with E-state index in [4.69, 9.17) is 16.0 Å². The molecular weight excluding hydrogens is 330 g/mol. The first-order chi connectivity index (χ1) is 11.4. The average molecular weight is 346 g/mol. The van der Waals surface area contributed by atoms with E-state index in [1.165, 1.54) is 0 Å². The van der Waals surface area contributed by atoms with Crippen LogP contribution in [0.25, 0.3) is 11.5 Å². The van der Waals surface area contributed by atoms with Gasteiger partial charge in [-0.2, -0.15) is 5.10 Å². The molecule has 3 rings (SSSR count). The third-order valence-corrected chi connectivity index (χ3v) is 3.53. The van der Waals surface area contributed by atoms with Crippen molar-refractivity contribution in [3.8, 4) is 11.5 Å². The maximum absolute atomic E-state index is 12.4. The van der Waals surface area contributed by atoms with E-state index in [-0.39, 0.29) is 23.9 Å². The number of aryl methyl sites for hydroxylation is 1. The number of anilines is 1. The van der Waals surface area contributed by atoms with E-state index in [2.05, 4.69) is 20.6 Å². The molecule has 3 aromatic rings. The Morgan fingerprint density at radius 2 is 2.08 bits per heavy atom. The van der Waals surface area contributed by atoms with Crippen LogP contribution in [0.15, 0.2) is 34.7 Å². The second-order valence-corrected chi connectivity index (χ2v) is 6.02. The van der Waals surface area contributed by atoms with E-state index in [0.717, 1.165) is 5.69 Å². The van der Waals surface area contributed by atoms with Crippen molar-refractivity contribution in [3.63, 3.8) is 0 Å². The summed E-state index contributed by atoms with van der Waals surface area (Å²) in [5, 5.41) is 15.2. The number of amides is 1. The van der Waals surface area contributed by atoms with Crippen LogP contribution < -0.4 is 5.32 Å². The third-order valence-electron chi connectivity index (χ3n) is 3.30. The van der Waals surface area contributed by atoms with Crippen LogP contribution in [0.4, 0.5) is 6.01 Å². The number of benzene rings is 1. The number of nitrogens with one attached hydrogen (secondary N) is 1. The predicted molar refractivity (Wildman–Crippen MR) is 90.0 cm³/mol. The van der Waals surface area contributed by atoms with Crippen molar-refractivity contribution < 1.29 is 9.21 Å². The maximum atomic E-state index is 12.4. The number of hydrogen-bond acceptors (Lipinski definition) is 5. The van der Waals surface area contributed by atoms with Crippen molar-refractivity contribution in [1.29, 1.82) is 0 Å². The summed E-state index contributed by atoms with van der Waals surface area (Å²) >= 11 is 5.95. The summed E-state index contributed by atoms with van der Waals surface area (Å²) in [6.45, 7) is 5.74. The van der Waals surface area contributed by atoms with Gasteiger partial charge in [-0.3, -0.25) is 14.8 Å². The van der Waals surface area contributed by atoms with Gasteiger partial charge in [-0.25, -0.2) is 0 Å². The summed E-state index contributed by atoms with van der Waals surface area (Å²) in [5.74, 6) is -0.0769. The molecule has 1 aromatic carbocycles. The second-order valence-electron chi connectivity index (χ2n) is 5.59. The lowest BCUT2D eigenvalue weighted by molar-refractivity contribution is 0.101. The fourth-order valence-electron chi connectivity index (χ4n) is 2.25. The first-order valence-electron chi connectivity index (χ1n) is 7.41. The molecule has 0 atom stereocenters. The monoisotopic (exact) mass is 345 g/mol. The van der Waals surface area contributed by atoms with E-state index in [1.807, 2.05) is 20.8 Å². The molecule has 2 heterocycles. The highest BCUT2D eigenvalue weighted by Crippen LogP contribution is 2.23. The van der Waals surface area contributed by atoms with E-state index in [1.54, 1.807) is 35.0 Å². The van der Waals surface area contributed by atoms with Crippen molar-refractivity contribution >= 4 is 23.5 Å². The summed E-state index contributed by atoms with van der Waals surface area (Å²) in [4.78, 5) is 12.4. The number of aromatic nitrogens is 4. The van der Waals surface area contributed by atoms with Crippen molar-refractivity contribution in [1.82, 2.24) is 20.0 Å². The molecule has 1 amide bonds. The van der Waals surface area contributed by atoms with Crippen LogP contribution in [0.1, 0.15) is 36.1 Å². The highest BCUT2D eigenvalue weighted by Gasteiger charge is 2.18. The average Bonchev–Trinajstić information content (AvgIpc) is 3.14. The van der Waals surface area contributed by atoms with Crippen LogP contribution in [0.3, 0.4) is 0 Å². The van der Waals surface area contributed by atoms with Crippen LogP contribution in [0.5, 0.6) is 0 Å². The van der Waals surface area contributed by atoms with Gasteiger partial charge in [-0.15, -0.1) is 5.10 Å². The fourth-order valence-corrected chi connectivity index (χ4v) is 2.44. The molecule has 0 aliphatic carbocycles. The molecule has 7 nitrogen and oxygen atoms in total. The molecule has 124 valence electrons. The predicted octanol–water partition coefficient (Wildman–Crippen LogP) is 3.73. The first-order valence-corrected chi connectivity index (χ1v) is 7.79. The summed E-state index contributed by atoms with van der Waals surface area (Å²) in [6.07, 6.45) is 0. The second kappa shape index (κ2) is 6.45. The number of carbonyl (C=O) groups is 1. The Labute approximate surface area is 143 Å². The van der Waals surface area contributed by atoms with Gasteiger partial charge in [0.2, 0.25) is 5.89 Å². The number of halogens is 1. The molecular formula is C16H16ClN5O2. The van der Waals surface area contributed by atoms with Crippen molar-refractivity contribution in [2.75, 3.05) is 5.32 Å². The topological polar surface area (TPSA) is 85.8 Å². The van der Waals surface area contributed by atoms with Gasteiger partial charge in [0, 0.05) is 16.6 Å². The Morgan fingerprint density at radius 3 is 2.79 bits per heavy atom. The highest BCUT2D eigenvalue weighted by molar-refractivity contribution is 6.30. The molecule has 0 spiro atoms. The minimum Gasteiger partial charge on any atom is -0.403 e. The molecule has 0 saturated heterocycles. The van der Waals surface area contributed by atoms with Crippen molar-refractivity contribution in [2.24, 2.45) is 0 Å². The van der Waals surface area contributed by atoms with Crippen molar-refractivity contribution in [2.45, 2.75) is 26.8 Å². The summed E-state index contributed by atoms with van der Waals surface area (Å²) in [6, 6.07) is 8.82. The smallest absolute Gasteiger partial charge is 0.322 e. The van der Waals surface area contributed by atoms with E-state index < -0.39 is 0 Å². The largest absolute Gasteiger partial charge is 0.403 e. The summed E-state index contributed by atoms with van der Waals surface area (Å²) < 4.78 is 7.13. The van der Waals surface area contributed by atoms with E-state index in [9.17, 15) is 4.79 Å². The number of carbonyl (C=O) groups excluding carboxylic acids is 1. The zero-order valence-corrected chi connectivity index (χ0v) is 14.2. The molecule has 0 aliphatic heterocycles. The quantitative estimate of drug-likeness (QED) is 0.778. The third kappa shape index (κ3) is 3.30. The lowest BCUT2D eigenvalue weighted by Crippen LogP contribution is -2.19. The molecule has 0 saturated carbocycles. The Bertz CT molecular complexity index is 884. The molecule has 0 radical (unpaired) electrons. The van der Waals surface area contributed by atoms with Gasteiger partial charge in [0.1, 0.15) is 5.69 Å². The molecule has 2 aromatic heterocycles. The van der Waals surface area contributed by atoms with Gasteiger partial charge in [0.25, 0.3) is 5.91 Å². The number of hydrogen-bond donors (Lipinski definition) is 1. The van der Waals surface area contributed by atoms with Crippen LogP contribution >= 0.6 is 11.6 Å². The molecule has 0 aliphatic rings. The van der Waals surface area contributed by atoms with Gasteiger partial charge in [0.05, 0.1) is 5.69 Å². The summed E-state index contributed by atoms with van der Waals surface area (Å²) in [7, 11) is 0. The van der Waals surface area contributed by atoms with Crippen LogP contribution in [-0.2, 0) is 0 Å². The number of rotatable bonds is 4. The normalized spacial score (nSPS) is 11.0. The molecule has 0 unspecified atom stereocenters. The van der Waals surface area contributed by atoms with Crippen LogP contribution in [0, 0.1) is 6.92 Å². The Balaban J connectivity index is 1.81. The van der Waals surface area contributed by atoms with Crippen molar-refractivity contribution in [3.05, 3.63) is 46.7 Å². The fraction of sp³-hybridized carbons (Fsp3) is 0.250. The Hall–Kier alpha value is -2.67. The minimum atomic E-state index is -0.356. The van der Waals surface area contributed by atoms with E-state index >= 15 is 0 Å². The maximum Gasteiger partial charge on any atom is 0.322 e. The van der Waals surface area contributed by atoms with Crippen LogP contribution in [0.2, 0.25) is 5.02 Å².